The van der Waals surface area contributed by atoms with Crippen LogP contribution in [0.15, 0.2) is 85.5 Å². The molecule has 44 heavy (non-hydrogen) atoms. The molecule has 12 nitrogen and oxygen atoms in total. The molecule has 228 valence electrons. The molecule has 6 rings (SSSR count). The Morgan fingerprint density at radius 1 is 1.05 bits per heavy atom. The van der Waals surface area contributed by atoms with Crippen LogP contribution in [0.4, 0.5) is 5.82 Å². The number of aromatic nitrogens is 4. The number of nitrogens with one attached hydrogen (secondary N) is 1. The van der Waals surface area contributed by atoms with Gasteiger partial charge in [-0.3, -0.25) is 9.32 Å². The number of benzene rings is 3. The number of anilines is 1. The van der Waals surface area contributed by atoms with Crippen molar-refractivity contribution in [2.75, 3.05) is 12.3 Å². The van der Waals surface area contributed by atoms with E-state index in [1.54, 1.807) is 19.3 Å². The third kappa shape index (κ3) is 6.89. The second-order valence-electron chi connectivity index (χ2n) is 10.6. The Kier molecular flexibility index (Phi) is 8.85. The fourth-order valence-corrected chi connectivity index (χ4v) is 6.65. The quantitative estimate of drug-likeness (QED) is 0.143. The van der Waals surface area contributed by atoms with E-state index in [4.69, 9.17) is 24.3 Å². The summed E-state index contributed by atoms with van der Waals surface area (Å²) in [4.78, 5) is 25.5. The molecule has 3 aromatic carbocycles. The van der Waals surface area contributed by atoms with E-state index in [9.17, 15) is 9.36 Å². The van der Waals surface area contributed by atoms with Crippen molar-refractivity contribution in [2.24, 2.45) is 0 Å². The molecule has 1 aliphatic heterocycles. The molecule has 0 spiro atoms. The molecular weight excluding hydrogens is 583 g/mol. The second-order valence-corrected chi connectivity index (χ2v) is 12.3. The minimum absolute atomic E-state index is 0.0167. The summed E-state index contributed by atoms with van der Waals surface area (Å²) < 4.78 is 39.8. The Hall–Kier alpha value is -4.35. The number of imidazole rings is 1. The highest BCUT2D eigenvalue weighted by Crippen LogP contribution is 2.47. The maximum Gasteiger partial charge on any atom is 0.459 e. The zero-order valence-electron chi connectivity index (χ0n) is 24.1. The number of esters is 1. The van der Waals surface area contributed by atoms with Crippen LogP contribution in [0, 0.1) is 0 Å². The maximum atomic E-state index is 14.2. The molecule has 2 aromatic heterocycles. The topological polar surface area (TPSA) is 153 Å². The molecule has 1 aliphatic rings. The highest BCUT2D eigenvalue weighted by molar-refractivity contribution is 7.52. The first-order chi connectivity index (χ1) is 21.4. The van der Waals surface area contributed by atoms with E-state index in [0.29, 0.717) is 35.7 Å². The van der Waals surface area contributed by atoms with Gasteiger partial charge in [-0.05, 0) is 36.8 Å². The first kappa shape index (κ1) is 29.7. The van der Waals surface area contributed by atoms with Crippen LogP contribution in [0.5, 0.6) is 5.75 Å². The third-order valence-electron chi connectivity index (χ3n) is 7.35. The van der Waals surface area contributed by atoms with Gasteiger partial charge in [0.25, 0.3) is 0 Å². The van der Waals surface area contributed by atoms with E-state index in [1.165, 1.54) is 6.33 Å². The minimum Gasteiger partial charge on any atom is -0.460 e. The molecule has 1 fully saturated rings. The number of nitrogen functional groups attached to an aromatic ring is 1. The Morgan fingerprint density at radius 3 is 2.68 bits per heavy atom. The van der Waals surface area contributed by atoms with Gasteiger partial charge < -0.3 is 24.3 Å². The SMILES string of the molecule is C[C@H](NP(=O)(OC[C@@H]1CC[C@H](Cn2cnc3c(N)ncnc32)O1)Oc1cccc2ccccc12)C(=O)OCc1ccccc1. The Labute approximate surface area is 254 Å². The number of ether oxygens (including phenoxy) is 2. The van der Waals surface area contributed by atoms with Gasteiger partial charge in [-0.2, -0.15) is 5.09 Å². The predicted molar refractivity (Wildman–Crippen MR) is 165 cm³/mol. The first-order valence-corrected chi connectivity index (χ1v) is 15.9. The zero-order chi connectivity index (χ0) is 30.5. The van der Waals surface area contributed by atoms with Gasteiger partial charge in [0.15, 0.2) is 11.5 Å². The van der Waals surface area contributed by atoms with Gasteiger partial charge in [-0.1, -0.05) is 66.7 Å². The molecule has 0 amide bonds. The van der Waals surface area contributed by atoms with Crippen molar-refractivity contribution in [1.82, 2.24) is 24.6 Å². The monoisotopic (exact) mass is 616 g/mol. The van der Waals surface area contributed by atoms with Crippen molar-refractivity contribution in [1.29, 1.82) is 0 Å². The lowest BCUT2D eigenvalue weighted by Gasteiger charge is -2.24. The van der Waals surface area contributed by atoms with E-state index in [1.807, 2.05) is 71.3 Å². The predicted octanol–water partition coefficient (Wildman–Crippen LogP) is 5.03. The summed E-state index contributed by atoms with van der Waals surface area (Å²) in [5.74, 6) is 0.0932. The van der Waals surface area contributed by atoms with E-state index >= 15 is 0 Å². The zero-order valence-corrected chi connectivity index (χ0v) is 25.0. The summed E-state index contributed by atoms with van der Waals surface area (Å²) in [7, 11) is -4.10. The summed E-state index contributed by atoms with van der Waals surface area (Å²) in [5, 5.41) is 4.45. The lowest BCUT2D eigenvalue weighted by atomic mass is 10.1. The number of carbonyl (C=O) groups is 1. The molecule has 5 aromatic rings. The fraction of sp³-hybridized carbons (Fsp3) is 0.290. The summed E-state index contributed by atoms with van der Waals surface area (Å²) in [6.45, 7) is 2.14. The summed E-state index contributed by atoms with van der Waals surface area (Å²) in [5.41, 5.74) is 7.93. The normalized spacial score (nSPS) is 18.7. The smallest absolute Gasteiger partial charge is 0.459 e. The number of carbonyl (C=O) groups excluding carboxylic acids is 1. The summed E-state index contributed by atoms with van der Waals surface area (Å²) >= 11 is 0. The summed E-state index contributed by atoms with van der Waals surface area (Å²) in [6, 6.07) is 21.4. The van der Waals surface area contributed by atoms with Gasteiger partial charge in [0, 0.05) is 5.39 Å². The van der Waals surface area contributed by atoms with Crippen molar-refractivity contribution in [3.63, 3.8) is 0 Å². The second kappa shape index (κ2) is 13.1. The van der Waals surface area contributed by atoms with Gasteiger partial charge in [-0.15, -0.1) is 0 Å². The highest BCUT2D eigenvalue weighted by atomic mass is 31.2. The van der Waals surface area contributed by atoms with Gasteiger partial charge in [0.1, 0.15) is 30.2 Å². The minimum atomic E-state index is -4.10. The first-order valence-electron chi connectivity index (χ1n) is 14.3. The number of rotatable bonds is 12. The Bertz CT molecular complexity index is 1800. The molecule has 4 atom stereocenters. The van der Waals surface area contributed by atoms with Crippen molar-refractivity contribution in [3.05, 3.63) is 91.0 Å². The van der Waals surface area contributed by atoms with Crippen molar-refractivity contribution in [3.8, 4) is 5.75 Å². The fourth-order valence-electron chi connectivity index (χ4n) is 5.11. The molecule has 1 unspecified atom stereocenters. The standard InChI is InChI=1S/C31H33N6O6P/c1-21(31(38)40-17-22-8-3-2-4-9-22)36-44(39,43-27-13-7-11-23-10-5-6-12-26(23)27)41-18-25-15-14-24(42-25)16-37-20-35-28-29(32)33-19-34-30(28)37/h2-13,19-21,24-25H,14-18H2,1H3,(H,36,39)(H2,32,33,34)/t21-,24+,25-,44?/m0/s1. The van der Waals surface area contributed by atoms with Crippen LogP contribution in [0.2, 0.25) is 0 Å². The summed E-state index contributed by atoms with van der Waals surface area (Å²) in [6.07, 6.45) is 4.00. The van der Waals surface area contributed by atoms with Crippen LogP contribution in [-0.2, 0) is 36.5 Å². The van der Waals surface area contributed by atoms with Crippen molar-refractivity contribution in [2.45, 2.75) is 51.2 Å². The number of hydrogen-bond donors (Lipinski definition) is 2. The molecule has 0 radical (unpaired) electrons. The van der Waals surface area contributed by atoms with Crippen LogP contribution < -0.4 is 15.3 Å². The molecule has 13 heteroatoms. The van der Waals surface area contributed by atoms with Gasteiger partial charge in [-0.25, -0.2) is 19.5 Å². The van der Waals surface area contributed by atoms with Crippen LogP contribution >= 0.6 is 7.75 Å². The van der Waals surface area contributed by atoms with E-state index in [-0.39, 0.29) is 25.4 Å². The number of fused-ring (bicyclic) bond motifs is 2. The van der Waals surface area contributed by atoms with E-state index in [0.717, 1.165) is 22.8 Å². The van der Waals surface area contributed by atoms with Crippen LogP contribution in [0.25, 0.3) is 21.9 Å². The average molecular weight is 617 g/mol. The molecule has 1 saturated heterocycles. The Morgan fingerprint density at radius 2 is 1.82 bits per heavy atom. The number of nitrogens with two attached hydrogens (primary N) is 1. The van der Waals surface area contributed by atoms with E-state index < -0.39 is 19.8 Å². The lowest BCUT2D eigenvalue weighted by molar-refractivity contribution is -0.146. The molecule has 3 N–H and O–H groups in total. The maximum absolute atomic E-state index is 14.2. The van der Waals surface area contributed by atoms with Gasteiger partial charge in [0.05, 0.1) is 31.7 Å². The van der Waals surface area contributed by atoms with Gasteiger partial charge >= 0.3 is 13.7 Å². The third-order valence-corrected chi connectivity index (χ3v) is 8.98. The number of nitrogens with zero attached hydrogens (tertiary/aromatic N) is 4. The molecule has 3 heterocycles. The molecule has 0 saturated carbocycles. The van der Waals surface area contributed by atoms with Gasteiger partial charge in [0.2, 0.25) is 0 Å². The molecular formula is C31H33N6O6P. The van der Waals surface area contributed by atoms with E-state index in [2.05, 4.69) is 20.0 Å². The van der Waals surface area contributed by atoms with Crippen molar-refractivity contribution >= 4 is 41.5 Å². The van der Waals surface area contributed by atoms with Crippen LogP contribution in [0.1, 0.15) is 25.3 Å². The average Bonchev–Trinajstić information content (AvgIpc) is 3.67. The molecule has 0 bridgehead atoms. The number of hydrogen-bond acceptors (Lipinski definition) is 10. The van der Waals surface area contributed by atoms with Crippen molar-refractivity contribution < 1.29 is 27.9 Å². The van der Waals surface area contributed by atoms with Crippen LogP contribution in [-0.4, -0.2) is 50.3 Å². The largest absolute Gasteiger partial charge is 0.460 e. The molecule has 0 aliphatic carbocycles. The highest BCUT2D eigenvalue weighted by Gasteiger charge is 2.35. The lowest BCUT2D eigenvalue weighted by Crippen LogP contribution is -2.35. The Balaban J connectivity index is 1.13. The van der Waals surface area contributed by atoms with Crippen LogP contribution in [0.3, 0.4) is 0 Å².